The number of fused-ring (bicyclic) bond motifs is 1. The van der Waals surface area contributed by atoms with Crippen molar-refractivity contribution < 1.29 is 19.5 Å². The number of aromatic nitrogens is 1. The third kappa shape index (κ3) is 2.07. The van der Waals surface area contributed by atoms with Gasteiger partial charge in [0.05, 0.1) is 5.56 Å². The van der Waals surface area contributed by atoms with Gasteiger partial charge in [-0.05, 0) is 48.9 Å². The average Bonchev–Trinajstić information content (AvgIpc) is 2.87. The van der Waals surface area contributed by atoms with Crippen LogP contribution in [-0.2, 0) is 12.8 Å². The molecule has 2 N–H and O–H groups in total. The van der Waals surface area contributed by atoms with Crippen LogP contribution in [0.15, 0.2) is 22.7 Å². The number of phenolic OH excluding ortho intramolecular Hbond substituents is 1. The van der Waals surface area contributed by atoms with Gasteiger partial charge in [-0.15, -0.1) is 0 Å². The van der Waals surface area contributed by atoms with Crippen molar-refractivity contribution in [1.82, 2.24) is 5.16 Å². The minimum absolute atomic E-state index is 0.105. The van der Waals surface area contributed by atoms with Crippen LogP contribution < -0.4 is 0 Å². The fourth-order valence-corrected chi connectivity index (χ4v) is 2.47. The van der Waals surface area contributed by atoms with Gasteiger partial charge in [-0.3, -0.25) is 0 Å². The Labute approximate surface area is 109 Å². The lowest BCUT2D eigenvalue weighted by atomic mass is 9.89. The summed E-state index contributed by atoms with van der Waals surface area (Å²) in [5, 5.41) is 22.3. The number of hydrogen-bond donors (Lipinski definition) is 2. The summed E-state index contributed by atoms with van der Waals surface area (Å²) in [6.45, 7) is 0. The van der Waals surface area contributed by atoms with Crippen molar-refractivity contribution >= 4 is 5.97 Å². The number of carboxylic acids is 1. The number of carboxylic acid groups (broad SMARTS) is 1. The Morgan fingerprint density at radius 3 is 2.47 bits per heavy atom. The molecule has 0 radical (unpaired) electrons. The fourth-order valence-electron chi connectivity index (χ4n) is 2.47. The van der Waals surface area contributed by atoms with Gasteiger partial charge in [-0.25, -0.2) is 4.79 Å². The van der Waals surface area contributed by atoms with Gasteiger partial charge in [0.2, 0.25) is 0 Å². The van der Waals surface area contributed by atoms with Crippen molar-refractivity contribution in [3.05, 3.63) is 35.0 Å². The number of nitrogens with zero attached hydrogens (tertiary/aromatic N) is 1. The van der Waals surface area contributed by atoms with Crippen LogP contribution in [0.3, 0.4) is 0 Å². The summed E-state index contributed by atoms with van der Waals surface area (Å²) >= 11 is 0. The Morgan fingerprint density at radius 1 is 1.16 bits per heavy atom. The predicted octanol–water partition coefficient (Wildman–Crippen LogP) is 2.62. The van der Waals surface area contributed by atoms with E-state index in [9.17, 15) is 9.90 Å². The molecule has 98 valence electrons. The van der Waals surface area contributed by atoms with Crippen LogP contribution >= 0.6 is 0 Å². The van der Waals surface area contributed by atoms with Crippen LogP contribution in [-0.4, -0.2) is 21.3 Å². The normalized spacial score (nSPS) is 14.1. The zero-order valence-electron chi connectivity index (χ0n) is 10.2. The number of phenols is 1. The Morgan fingerprint density at radius 2 is 1.84 bits per heavy atom. The molecule has 1 aliphatic carbocycles. The van der Waals surface area contributed by atoms with E-state index in [1.54, 1.807) is 6.07 Å². The summed E-state index contributed by atoms with van der Waals surface area (Å²) in [6, 6.07) is 4.94. The summed E-state index contributed by atoms with van der Waals surface area (Å²) < 4.78 is 4.99. The van der Waals surface area contributed by atoms with Crippen LogP contribution in [0.5, 0.6) is 5.75 Å². The molecular formula is C14H13NO4. The van der Waals surface area contributed by atoms with Crippen molar-refractivity contribution in [2.75, 3.05) is 0 Å². The van der Waals surface area contributed by atoms with Gasteiger partial charge in [0.15, 0.2) is 11.5 Å². The molecular weight excluding hydrogens is 246 g/mol. The molecule has 0 spiro atoms. The lowest BCUT2D eigenvalue weighted by molar-refractivity contribution is 0.0686. The maximum absolute atomic E-state index is 10.8. The highest BCUT2D eigenvalue weighted by Gasteiger charge is 2.18. The molecule has 0 saturated heterocycles. The molecule has 5 nitrogen and oxygen atoms in total. The van der Waals surface area contributed by atoms with Gasteiger partial charge in [0, 0.05) is 6.07 Å². The van der Waals surface area contributed by atoms with Gasteiger partial charge in [0.1, 0.15) is 5.75 Å². The smallest absolute Gasteiger partial charge is 0.358 e. The first-order chi connectivity index (χ1) is 9.15. The molecule has 0 saturated carbocycles. The third-order valence-electron chi connectivity index (χ3n) is 3.45. The van der Waals surface area contributed by atoms with E-state index in [1.807, 2.05) is 6.07 Å². The molecule has 0 amide bonds. The molecule has 1 aromatic heterocycles. The van der Waals surface area contributed by atoms with Gasteiger partial charge < -0.3 is 14.7 Å². The van der Waals surface area contributed by atoms with E-state index >= 15 is 0 Å². The molecule has 0 unspecified atom stereocenters. The van der Waals surface area contributed by atoms with E-state index in [1.165, 1.54) is 11.6 Å². The molecule has 1 aliphatic rings. The zero-order valence-corrected chi connectivity index (χ0v) is 10.2. The highest BCUT2D eigenvalue weighted by atomic mass is 16.5. The van der Waals surface area contributed by atoms with Gasteiger partial charge in [-0.2, -0.15) is 0 Å². The summed E-state index contributed by atoms with van der Waals surface area (Å²) in [5.74, 6) is -0.760. The Kier molecular flexibility index (Phi) is 2.74. The van der Waals surface area contributed by atoms with Crippen LogP contribution in [0, 0.1) is 0 Å². The molecule has 0 atom stereocenters. The SMILES string of the molecule is O=C(O)c1cc(-c2cc3c(cc2O)CCCC3)on1. The lowest BCUT2D eigenvalue weighted by Crippen LogP contribution is -2.02. The lowest BCUT2D eigenvalue weighted by Gasteiger charge is -2.16. The predicted molar refractivity (Wildman–Crippen MR) is 67.2 cm³/mol. The number of aromatic carboxylic acids is 1. The van der Waals surface area contributed by atoms with Crippen molar-refractivity contribution in [2.24, 2.45) is 0 Å². The topological polar surface area (TPSA) is 83.6 Å². The first-order valence-corrected chi connectivity index (χ1v) is 6.20. The van der Waals surface area contributed by atoms with Gasteiger partial charge in [-0.1, -0.05) is 5.16 Å². The minimum atomic E-state index is -1.15. The van der Waals surface area contributed by atoms with Crippen LogP contribution in [0.1, 0.15) is 34.5 Å². The van der Waals surface area contributed by atoms with Crippen LogP contribution in [0.2, 0.25) is 0 Å². The second kappa shape index (κ2) is 4.42. The first kappa shape index (κ1) is 11.8. The maximum atomic E-state index is 10.8. The van der Waals surface area contributed by atoms with Crippen molar-refractivity contribution in [1.29, 1.82) is 0 Å². The summed E-state index contributed by atoms with van der Waals surface area (Å²) in [4.78, 5) is 10.8. The molecule has 0 bridgehead atoms. The largest absolute Gasteiger partial charge is 0.507 e. The minimum Gasteiger partial charge on any atom is -0.507 e. The van der Waals surface area contributed by atoms with Crippen LogP contribution in [0.4, 0.5) is 0 Å². The second-order valence-corrected chi connectivity index (χ2v) is 4.73. The molecule has 1 heterocycles. The van der Waals surface area contributed by atoms with Crippen molar-refractivity contribution in [2.45, 2.75) is 25.7 Å². The van der Waals surface area contributed by atoms with Gasteiger partial charge >= 0.3 is 5.97 Å². The second-order valence-electron chi connectivity index (χ2n) is 4.73. The van der Waals surface area contributed by atoms with E-state index in [0.717, 1.165) is 31.2 Å². The van der Waals surface area contributed by atoms with Crippen molar-refractivity contribution in [3.63, 3.8) is 0 Å². The van der Waals surface area contributed by atoms with E-state index in [2.05, 4.69) is 5.16 Å². The average molecular weight is 259 g/mol. The number of hydrogen-bond acceptors (Lipinski definition) is 4. The quantitative estimate of drug-likeness (QED) is 0.866. The monoisotopic (exact) mass is 259 g/mol. The number of carbonyl (C=O) groups is 1. The summed E-state index contributed by atoms with van der Waals surface area (Å²) in [7, 11) is 0. The molecule has 3 rings (SSSR count). The van der Waals surface area contributed by atoms with E-state index in [-0.39, 0.29) is 17.2 Å². The third-order valence-corrected chi connectivity index (χ3v) is 3.45. The van der Waals surface area contributed by atoms with E-state index < -0.39 is 5.97 Å². The number of aryl methyl sites for hydroxylation is 2. The number of benzene rings is 1. The maximum Gasteiger partial charge on any atom is 0.358 e. The number of rotatable bonds is 2. The molecule has 1 aromatic carbocycles. The molecule has 2 aromatic rings. The molecule has 5 heteroatoms. The summed E-state index contributed by atoms with van der Waals surface area (Å²) in [5.41, 5.74) is 2.69. The molecule has 19 heavy (non-hydrogen) atoms. The first-order valence-electron chi connectivity index (χ1n) is 6.20. The molecule has 0 fully saturated rings. The Hall–Kier alpha value is -2.30. The van der Waals surface area contributed by atoms with E-state index in [4.69, 9.17) is 9.63 Å². The Bertz CT molecular complexity index is 645. The molecule has 0 aliphatic heterocycles. The van der Waals surface area contributed by atoms with Gasteiger partial charge in [0.25, 0.3) is 0 Å². The highest BCUT2D eigenvalue weighted by Crippen LogP contribution is 2.35. The highest BCUT2D eigenvalue weighted by molar-refractivity contribution is 5.86. The Balaban J connectivity index is 2.06. The fraction of sp³-hybridized carbons (Fsp3) is 0.286. The summed E-state index contributed by atoms with van der Waals surface area (Å²) in [6.07, 6.45) is 4.22. The number of aromatic hydroxyl groups is 1. The van der Waals surface area contributed by atoms with Crippen molar-refractivity contribution in [3.8, 4) is 17.1 Å². The van der Waals surface area contributed by atoms with Crippen LogP contribution in [0.25, 0.3) is 11.3 Å². The zero-order chi connectivity index (χ0) is 13.4. The van der Waals surface area contributed by atoms with E-state index in [0.29, 0.717) is 5.56 Å². The standard InChI is InChI=1S/C14H13NO4/c16-12-6-9-4-2-1-3-8(9)5-10(12)13-7-11(14(17)18)15-19-13/h5-7,16H,1-4H2,(H,17,18).